The molecule has 1 aromatic rings. The Morgan fingerprint density at radius 3 is 2.64 bits per heavy atom. The molecule has 3 rings (SSSR count). The summed E-state index contributed by atoms with van der Waals surface area (Å²) in [5.41, 5.74) is 0.166. The molecule has 25 heavy (non-hydrogen) atoms. The molecule has 0 unspecified atom stereocenters. The van der Waals surface area contributed by atoms with Gasteiger partial charge in [-0.1, -0.05) is 18.7 Å². The number of anilines is 1. The fourth-order valence-corrected chi connectivity index (χ4v) is 3.68. The summed E-state index contributed by atoms with van der Waals surface area (Å²) in [5, 5.41) is 0. The minimum Gasteiger partial charge on any atom is -0.458 e. The van der Waals surface area contributed by atoms with Gasteiger partial charge >= 0.3 is 5.97 Å². The maximum atomic E-state index is 13.1. The van der Waals surface area contributed by atoms with Crippen LogP contribution in [0.15, 0.2) is 36.4 Å². The summed E-state index contributed by atoms with van der Waals surface area (Å²) < 4.78 is 5.41. The van der Waals surface area contributed by atoms with Crippen molar-refractivity contribution in [2.75, 3.05) is 11.5 Å². The van der Waals surface area contributed by atoms with Gasteiger partial charge in [0.25, 0.3) is 5.91 Å². The molecular weight excluding hydrogens is 320 g/mol. The Hall–Kier alpha value is -2.63. The molecule has 0 N–H and O–H groups in total. The predicted molar refractivity (Wildman–Crippen MR) is 93.0 cm³/mol. The van der Waals surface area contributed by atoms with Crippen LogP contribution in [0.1, 0.15) is 44.0 Å². The number of hydrogen-bond acceptors (Lipinski definition) is 4. The van der Waals surface area contributed by atoms with Crippen LogP contribution in [0.2, 0.25) is 0 Å². The van der Waals surface area contributed by atoms with Gasteiger partial charge in [0.2, 0.25) is 11.6 Å². The zero-order valence-corrected chi connectivity index (χ0v) is 14.7. The van der Waals surface area contributed by atoms with Gasteiger partial charge in [-0.2, -0.15) is 0 Å². The van der Waals surface area contributed by atoms with Crippen molar-refractivity contribution in [2.45, 2.75) is 45.3 Å². The lowest BCUT2D eigenvalue weighted by molar-refractivity contribution is -0.157. The highest BCUT2D eigenvalue weighted by Crippen LogP contribution is 2.45. The quantitative estimate of drug-likeness (QED) is 0.623. The van der Waals surface area contributed by atoms with Crippen molar-refractivity contribution in [2.24, 2.45) is 0 Å². The van der Waals surface area contributed by atoms with E-state index in [9.17, 15) is 14.4 Å². The van der Waals surface area contributed by atoms with Gasteiger partial charge in [0.1, 0.15) is 6.61 Å². The van der Waals surface area contributed by atoms with Gasteiger partial charge in [0.05, 0.1) is 11.3 Å². The first-order valence-electron chi connectivity index (χ1n) is 8.38. The number of nitrogens with zero attached hydrogens (tertiary/aromatic N) is 2. The molecule has 1 saturated heterocycles. The van der Waals surface area contributed by atoms with Crippen molar-refractivity contribution in [1.82, 2.24) is 4.90 Å². The third-order valence-corrected chi connectivity index (χ3v) is 4.59. The first kappa shape index (κ1) is 17.2. The van der Waals surface area contributed by atoms with Gasteiger partial charge in [-0.05, 0) is 38.5 Å². The van der Waals surface area contributed by atoms with Crippen molar-refractivity contribution >= 4 is 23.5 Å². The Morgan fingerprint density at radius 2 is 2.00 bits per heavy atom. The average molecular weight is 342 g/mol. The molecule has 0 radical (unpaired) electrons. The number of carbonyl (C=O) groups is 3. The number of esters is 1. The zero-order valence-electron chi connectivity index (χ0n) is 14.7. The largest absolute Gasteiger partial charge is 0.458 e. The van der Waals surface area contributed by atoms with Crippen LogP contribution in [0.4, 0.5) is 5.69 Å². The minimum absolute atomic E-state index is 0.0599. The molecule has 2 aliphatic rings. The number of benzene rings is 1. The summed E-state index contributed by atoms with van der Waals surface area (Å²) in [6.07, 6.45) is 0.409. The summed E-state index contributed by atoms with van der Waals surface area (Å²) in [4.78, 5) is 41.8. The highest BCUT2D eigenvalue weighted by molar-refractivity contribution is 6.15. The lowest BCUT2D eigenvalue weighted by Gasteiger charge is -2.50. The maximum Gasteiger partial charge on any atom is 0.354 e. The van der Waals surface area contributed by atoms with Crippen LogP contribution < -0.4 is 4.90 Å². The molecule has 2 aliphatic heterocycles. The Balaban J connectivity index is 2.18. The van der Waals surface area contributed by atoms with Crippen molar-refractivity contribution in [3.63, 3.8) is 0 Å². The molecule has 0 spiro atoms. The van der Waals surface area contributed by atoms with E-state index in [1.54, 1.807) is 31.2 Å². The number of rotatable bonds is 4. The van der Waals surface area contributed by atoms with E-state index in [4.69, 9.17) is 4.74 Å². The highest BCUT2D eigenvalue weighted by atomic mass is 16.5. The van der Waals surface area contributed by atoms with E-state index in [1.165, 1.54) is 9.80 Å². The zero-order chi connectivity index (χ0) is 18.4. The second-order valence-electron chi connectivity index (χ2n) is 6.87. The molecule has 6 heteroatoms. The van der Waals surface area contributed by atoms with E-state index in [-0.39, 0.29) is 37.3 Å². The fraction of sp³-hybridized carbons (Fsp3) is 0.421. The Morgan fingerprint density at radius 1 is 1.32 bits per heavy atom. The fourth-order valence-electron chi connectivity index (χ4n) is 3.68. The number of ether oxygens (including phenoxy) is 1. The molecule has 1 fully saturated rings. The molecule has 0 aromatic heterocycles. The smallest absolute Gasteiger partial charge is 0.354 e. The number of fused-ring (bicyclic) bond motifs is 3. The SMILES string of the molecule is C=C(C)COC(=O)[C@]12CCC(=O)N1c1ccccc1C(=O)N2C(C)C. The van der Waals surface area contributed by atoms with Crippen molar-refractivity contribution in [1.29, 1.82) is 0 Å². The van der Waals surface area contributed by atoms with Crippen LogP contribution in [0.25, 0.3) is 0 Å². The standard InChI is InChI=1S/C19H22N2O4/c1-12(2)11-25-18(24)19-10-9-16(22)21(19)15-8-6-5-7-14(15)17(23)20(19)13(3)4/h5-8,13H,1,9-11H2,2-4H3/t19-/m0/s1. The lowest BCUT2D eigenvalue weighted by Crippen LogP contribution is -2.70. The van der Waals surface area contributed by atoms with E-state index in [2.05, 4.69) is 6.58 Å². The monoisotopic (exact) mass is 342 g/mol. The van der Waals surface area contributed by atoms with Gasteiger partial charge in [0.15, 0.2) is 0 Å². The first-order valence-corrected chi connectivity index (χ1v) is 8.38. The van der Waals surface area contributed by atoms with Crippen molar-refractivity contribution < 1.29 is 19.1 Å². The molecular formula is C19H22N2O4. The Kier molecular flexibility index (Phi) is 4.14. The third-order valence-electron chi connectivity index (χ3n) is 4.59. The normalized spacial score (nSPS) is 22.1. The average Bonchev–Trinajstić information content (AvgIpc) is 2.91. The van der Waals surface area contributed by atoms with Gasteiger partial charge in [0, 0.05) is 18.9 Å². The Bertz CT molecular complexity index is 770. The highest BCUT2D eigenvalue weighted by Gasteiger charge is 2.62. The first-order chi connectivity index (χ1) is 11.8. The predicted octanol–water partition coefficient (Wildman–Crippen LogP) is 2.49. The molecule has 0 bridgehead atoms. The minimum atomic E-state index is -1.42. The van der Waals surface area contributed by atoms with Crippen molar-refractivity contribution in [3.05, 3.63) is 42.0 Å². The van der Waals surface area contributed by atoms with Crippen LogP contribution >= 0.6 is 0 Å². The molecule has 0 saturated carbocycles. The lowest BCUT2D eigenvalue weighted by atomic mass is 9.95. The molecule has 0 aliphatic carbocycles. The molecule has 1 atom stereocenters. The summed E-state index contributed by atoms with van der Waals surface area (Å²) in [6, 6.07) is 6.62. The van der Waals surface area contributed by atoms with E-state index >= 15 is 0 Å². The van der Waals surface area contributed by atoms with E-state index in [0.29, 0.717) is 16.8 Å². The number of carbonyl (C=O) groups excluding carboxylic acids is 3. The van der Waals surface area contributed by atoms with Crippen LogP contribution in [0.5, 0.6) is 0 Å². The van der Waals surface area contributed by atoms with Crippen LogP contribution in [-0.2, 0) is 14.3 Å². The molecule has 6 nitrogen and oxygen atoms in total. The summed E-state index contributed by atoms with van der Waals surface area (Å²) >= 11 is 0. The third kappa shape index (κ3) is 2.44. The second kappa shape index (κ2) is 6.02. The molecule has 2 amide bonds. The van der Waals surface area contributed by atoms with Crippen LogP contribution in [-0.4, -0.2) is 41.0 Å². The summed E-state index contributed by atoms with van der Waals surface area (Å²) in [7, 11) is 0. The number of hydrogen-bond donors (Lipinski definition) is 0. The van der Waals surface area contributed by atoms with E-state index in [0.717, 1.165) is 0 Å². The van der Waals surface area contributed by atoms with Gasteiger partial charge < -0.3 is 9.64 Å². The number of amides is 2. The van der Waals surface area contributed by atoms with Gasteiger partial charge in [-0.25, -0.2) is 4.79 Å². The molecule has 1 aromatic carbocycles. The van der Waals surface area contributed by atoms with Crippen LogP contribution in [0.3, 0.4) is 0 Å². The maximum absolute atomic E-state index is 13.1. The van der Waals surface area contributed by atoms with Gasteiger partial charge in [-0.15, -0.1) is 0 Å². The topological polar surface area (TPSA) is 66.9 Å². The van der Waals surface area contributed by atoms with E-state index < -0.39 is 11.6 Å². The van der Waals surface area contributed by atoms with Crippen molar-refractivity contribution in [3.8, 4) is 0 Å². The Labute approximate surface area is 147 Å². The number of para-hydroxylation sites is 1. The van der Waals surface area contributed by atoms with Gasteiger partial charge in [-0.3, -0.25) is 14.5 Å². The summed E-state index contributed by atoms with van der Waals surface area (Å²) in [5.74, 6) is -1.03. The summed E-state index contributed by atoms with van der Waals surface area (Å²) in [6.45, 7) is 9.22. The molecule has 2 heterocycles. The van der Waals surface area contributed by atoms with Crippen LogP contribution in [0, 0.1) is 0 Å². The van der Waals surface area contributed by atoms with E-state index in [1.807, 2.05) is 13.8 Å². The second-order valence-corrected chi connectivity index (χ2v) is 6.87. The molecule has 132 valence electrons.